The van der Waals surface area contributed by atoms with Crippen LogP contribution >= 0.6 is 0 Å². The van der Waals surface area contributed by atoms with Crippen molar-refractivity contribution < 1.29 is 9.50 Å². The van der Waals surface area contributed by atoms with E-state index < -0.39 is 22.9 Å². The molecule has 1 heterocycles. The molecular weight excluding hydrogens is 349 g/mol. The summed E-state index contributed by atoms with van der Waals surface area (Å²) in [6.45, 7) is 1.80. The number of para-hydroxylation sites is 1. The fraction of sp³-hybridized carbons (Fsp3) is 0.150. The molecule has 0 aliphatic rings. The van der Waals surface area contributed by atoms with Gasteiger partial charge in [-0.15, -0.1) is 0 Å². The third-order valence-electron chi connectivity index (χ3n) is 4.09. The van der Waals surface area contributed by atoms with E-state index in [9.17, 15) is 19.1 Å². The van der Waals surface area contributed by atoms with Gasteiger partial charge in [0.25, 0.3) is 5.56 Å². The smallest absolute Gasteiger partial charge is 0.331 e. The number of benzene rings is 2. The van der Waals surface area contributed by atoms with Crippen LogP contribution < -0.4 is 11.2 Å². The van der Waals surface area contributed by atoms with Gasteiger partial charge in [-0.05, 0) is 24.1 Å². The van der Waals surface area contributed by atoms with E-state index in [1.54, 1.807) is 37.3 Å². The van der Waals surface area contributed by atoms with Gasteiger partial charge in [0, 0.05) is 0 Å². The van der Waals surface area contributed by atoms with Gasteiger partial charge in [0.15, 0.2) is 0 Å². The molecule has 2 aromatic carbocycles. The van der Waals surface area contributed by atoms with Gasteiger partial charge < -0.3 is 5.11 Å². The maximum absolute atomic E-state index is 13.9. The second-order valence-corrected chi connectivity index (χ2v) is 5.89. The van der Waals surface area contributed by atoms with Gasteiger partial charge >= 0.3 is 5.69 Å². The van der Waals surface area contributed by atoms with Crippen molar-refractivity contribution in [3.8, 4) is 5.88 Å². The quantitative estimate of drug-likeness (QED) is 0.680. The molecule has 138 valence electrons. The summed E-state index contributed by atoms with van der Waals surface area (Å²) in [5, 5.41) is 10.6. The van der Waals surface area contributed by atoms with Crippen LogP contribution in [0.4, 0.5) is 10.1 Å². The van der Waals surface area contributed by atoms with Crippen molar-refractivity contribution >= 4 is 11.4 Å². The molecule has 0 spiro atoms. The molecule has 0 saturated carbocycles. The Morgan fingerprint density at radius 3 is 2.44 bits per heavy atom. The van der Waals surface area contributed by atoms with Crippen molar-refractivity contribution in [3.05, 3.63) is 92.4 Å². The van der Waals surface area contributed by atoms with Crippen molar-refractivity contribution in [3.63, 3.8) is 0 Å². The Bertz CT molecular complexity index is 1100. The van der Waals surface area contributed by atoms with Crippen LogP contribution in [0.2, 0.25) is 0 Å². The number of hydrogen-bond acceptors (Lipinski definition) is 4. The van der Waals surface area contributed by atoms with Crippen LogP contribution in [0, 0.1) is 5.82 Å². The zero-order valence-corrected chi connectivity index (χ0v) is 14.6. The zero-order valence-electron chi connectivity index (χ0n) is 14.6. The molecule has 2 N–H and O–H groups in total. The van der Waals surface area contributed by atoms with Crippen LogP contribution in [0.3, 0.4) is 0 Å². The first kappa shape index (κ1) is 18.3. The maximum atomic E-state index is 13.9. The van der Waals surface area contributed by atoms with E-state index in [1.807, 2.05) is 6.07 Å². The minimum absolute atomic E-state index is 0.0500. The molecule has 6 nitrogen and oxygen atoms in total. The molecule has 7 heteroatoms. The van der Waals surface area contributed by atoms with E-state index in [2.05, 4.69) is 9.98 Å². The van der Waals surface area contributed by atoms with E-state index in [1.165, 1.54) is 18.2 Å². The molecule has 3 rings (SSSR count). The predicted molar refractivity (Wildman–Crippen MR) is 101 cm³/mol. The van der Waals surface area contributed by atoms with Gasteiger partial charge in [0.1, 0.15) is 11.4 Å². The molecule has 3 aromatic rings. The lowest BCUT2D eigenvalue weighted by Gasteiger charge is -2.12. The SMILES string of the molecule is CCC(=Nc1ccccc1F)c1c(O)n(Cc2ccccc2)c(=O)[nH]c1=O. The van der Waals surface area contributed by atoms with E-state index in [4.69, 9.17) is 0 Å². The van der Waals surface area contributed by atoms with Crippen molar-refractivity contribution in [2.45, 2.75) is 19.9 Å². The molecule has 0 aliphatic carbocycles. The Morgan fingerprint density at radius 1 is 1.11 bits per heavy atom. The summed E-state index contributed by atoms with van der Waals surface area (Å²) in [7, 11) is 0. The molecule has 0 unspecified atom stereocenters. The lowest BCUT2D eigenvalue weighted by atomic mass is 10.1. The first-order chi connectivity index (χ1) is 13.0. The summed E-state index contributed by atoms with van der Waals surface area (Å²) in [4.78, 5) is 30.9. The zero-order chi connectivity index (χ0) is 19.4. The number of aromatic nitrogens is 2. The van der Waals surface area contributed by atoms with Crippen LogP contribution in [-0.2, 0) is 6.54 Å². The largest absolute Gasteiger partial charge is 0.494 e. The number of H-pyrrole nitrogens is 1. The van der Waals surface area contributed by atoms with Crippen LogP contribution in [-0.4, -0.2) is 20.4 Å². The molecule has 0 aliphatic heterocycles. The maximum Gasteiger partial charge on any atom is 0.331 e. The van der Waals surface area contributed by atoms with Gasteiger partial charge in [-0.2, -0.15) is 0 Å². The van der Waals surface area contributed by atoms with Crippen LogP contribution in [0.5, 0.6) is 5.88 Å². The van der Waals surface area contributed by atoms with Crippen LogP contribution in [0.25, 0.3) is 0 Å². The molecule has 0 bridgehead atoms. The van der Waals surface area contributed by atoms with Crippen molar-refractivity contribution in [1.82, 2.24) is 9.55 Å². The topological polar surface area (TPSA) is 87.4 Å². The number of hydrogen-bond donors (Lipinski definition) is 2. The van der Waals surface area contributed by atoms with Crippen molar-refractivity contribution in [1.29, 1.82) is 0 Å². The summed E-state index contributed by atoms with van der Waals surface area (Å²) >= 11 is 0. The molecule has 1 aromatic heterocycles. The minimum atomic E-state index is -0.765. The fourth-order valence-corrected chi connectivity index (χ4v) is 2.73. The number of rotatable bonds is 5. The minimum Gasteiger partial charge on any atom is -0.494 e. The van der Waals surface area contributed by atoms with Crippen molar-refractivity contribution in [2.75, 3.05) is 0 Å². The highest BCUT2D eigenvalue weighted by molar-refractivity contribution is 6.03. The molecule has 0 atom stereocenters. The van der Waals surface area contributed by atoms with E-state index in [0.717, 1.165) is 10.1 Å². The van der Waals surface area contributed by atoms with Gasteiger partial charge in [0.2, 0.25) is 5.88 Å². The number of aromatic amines is 1. The van der Waals surface area contributed by atoms with E-state index in [0.29, 0.717) is 0 Å². The normalized spacial score (nSPS) is 11.6. The highest BCUT2D eigenvalue weighted by atomic mass is 19.1. The summed E-state index contributed by atoms with van der Waals surface area (Å²) in [6, 6.07) is 14.9. The average molecular weight is 367 g/mol. The summed E-state index contributed by atoms with van der Waals surface area (Å²) in [5.74, 6) is -1.04. The summed E-state index contributed by atoms with van der Waals surface area (Å²) < 4.78 is 15.0. The number of aromatic hydroxyl groups is 1. The highest BCUT2D eigenvalue weighted by Gasteiger charge is 2.19. The number of nitrogens with one attached hydrogen (secondary N) is 1. The average Bonchev–Trinajstić information content (AvgIpc) is 2.66. The number of nitrogens with zero attached hydrogens (tertiary/aromatic N) is 2. The van der Waals surface area contributed by atoms with Crippen LogP contribution in [0.15, 0.2) is 69.2 Å². The second-order valence-electron chi connectivity index (χ2n) is 5.89. The third kappa shape index (κ3) is 3.87. The Labute approximate surface area is 154 Å². The number of halogens is 1. The van der Waals surface area contributed by atoms with Gasteiger partial charge in [-0.3, -0.25) is 14.3 Å². The highest BCUT2D eigenvalue weighted by Crippen LogP contribution is 2.21. The molecule has 0 amide bonds. The fourth-order valence-electron chi connectivity index (χ4n) is 2.73. The Hall–Kier alpha value is -3.48. The molecule has 0 radical (unpaired) electrons. The standard InChI is InChI=1S/C20H18FN3O3/c1-2-15(22-16-11-7-6-10-14(16)21)17-18(25)23-20(27)24(19(17)26)12-13-8-4-3-5-9-13/h3-11,26H,2,12H2,1H3,(H,23,25,27). The molecular formula is C20H18FN3O3. The lowest BCUT2D eigenvalue weighted by Crippen LogP contribution is -2.34. The first-order valence-corrected chi connectivity index (χ1v) is 8.43. The van der Waals surface area contributed by atoms with Crippen molar-refractivity contribution in [2.24, 2.45) is 4.99 Å². The van der Waals surface area contributed by atoms with Crippen LogP contribution in [0.1, 0.15) is 24.5 Å². The van der Waals surface area contributed by atoms with Gasteiger partial charge in [0.05, 0.1) is 17.9 Å². The van der Waals surface area contributed by atoms with Gasteiger partial charge in [-0.25, -0.2) is 14.2 Å². The second kappa shape index (κ2) is 7.82. The molecule has 27 heavy (non-hydrogen) atoms. The van der Waals surface area contributed by atoms with E-state index in [-0.39, 0.29) is 29.9 Å². The Kier molecular flexibility index (Phi) is 5.30. The monoisotopic (exact) mass is 367 g/mol. The number of aliphatic imine (C=N–C) groups is 1. The van der Waals surface area contributed by atoms with E-state index >= 15 is 0 Å². The lowest BCUT2D eigenvalue weighted by molar-refractivity contribution is 0.408. The third-order valence-corrected chi connectivity index (χ3v) is 4.09. The predicted octanol–water partition coefficient (Wildman–Crippen LogP) is 2.96. The molecule has 0 saturated heterocycles. The first-order valence-electron chi connectivity index (χ1n) is 8.43. The Morgan fingerprint density at radius 2 is 1.78 bits per heavy atom. The summed E-state index contributed by atoms with van der Waals surface area (Å²) in [5.41, 5.74) is -0.631. The van der Waals surface area contributed by atoms with Gasteiger partial charge in [-0.1, -0.05) is 49.4 Å². The Balaban J connectivity index is 2.15. The molecule has 0 fully saturated rings. The summed E-state index contributed by atoms with van der Waals surface area (Å²) in [6.07, 6.45) is 0.258.